The van der Waals surface area contributed by atoms with Crippen LogP contribution in [0.15, 0.2) is 42.7 Å². The van der Waals surface area contributed by atoms with Crippen LogP contribution in [0.25, 0.3) is 0 Å². The fraction of sp³-hybridized carbons (Fsp3) is 0.368. The zero-order valence-electron chi connectivity index (χ0n) is 14.2. The van der Waals surface area contributed by atoms with E-state index in [1.807, 2.05) is 23.9 Å². The number of aromatic nitrogens is 1. The third-order valence-corrected chi connectivity index (χ3v) is 4.73. The van der Waals surface area contributed by atoms with Crippen molar-refractivity contribution in [2.45, 2.75) is 45.6 Å². The number of anilines is 1. The second-order valence-corrected chi connectivity index (χ2v) is 6.79. The first kappa shape index (κ1) is 18.8. The van der Waals surface area contributed by atoms with Gasteiger partial charge in [0.1, 0.15) is 0 Å². The molecular weight excluding hydrogens is 343 g/mol. The van der Waals surface area contributed by atoms with Crippen molar-refractivity contribution >= 4 is 34.8 Å². The van der Waals surface area contributed by atoms with Gasteiger partial charge < -0.3 is 5.32 Å². The summed E-state index contributed by atoms with van der Waals surface area (Å²) in [6.07, 6.45) is 6.16. The van der Waals surface area contributed by atoms with E-state index in [9.17, 15) is 4.79 Å². The van der Waals surface area contributed by atoms with Gasteiger partial charge >= 0.3 is 0 Å². The minimum atomic E-state index is -0.335. The van der Waals surface area contributed by atoms with Gasteiger partial charge in [-0.3, -0.25) is 4.79 Å². The van der Waals surface area contributed by atoms with E-state index in [-0.39, 0.29) is 11.9 Å². The van der Waals surface area contributed by atoms with E-state index >= 15 is 0 Å². The Morgan fingerprint density at radius 1 is 1.08 bits per heavy atom. The van der Waals surface area contributed by atoms with E-state index in [0.29, 0.717) is 21.7 Å². The highest BCUT2D eigenvalue weighted by atomic mass is 35.5. The van der Waals surface area contributed by atoms with Gasteiger partial charge in [-0.05, 0) is 42.5 Å². The Kier molecular flexibility index (Phi) is 6.64. The maximum atomic E-state index is 12.4. The zero-order chi connectivity index (χ0) is 17.7. The first-order chi connectivity index (χ1) is 11.4. The van der Waals surface area contributed by atoms with Crippen LogP contribution in [-0.2, 0) is 4.79 Å². The third kappa shape index (κ3) is 4.71. The van der Waals surface area contributed by atoms with Crippen LogP contribution < -0.4 is 9.88 Å². The van der Waals surface area contributed by atoms with E-state index < -0.39 is 0 Å². The lowest BCUT2D eigenvalue weighted by Gasteiger charge is -2.13. The van der Waals surface area contributed by atoms with Crippen LogP contribution >= 0.6 is 23.2 Å². The van der Waals surface area contributed by atoms with Gasteiger partial charge in [0.05, 0.1) is 0 Å². The molecule has 0 aliphatic carbocycles. The number of amides is 1. The molecule has 0 aliphatic rings. The molecule has 0 saturated heterocycles. The lowest BCUT2D eigenvalue weighted by Crippen LogP contribution is -2.44. The van der Waals surface area contributed by atoms with E-state index in [0.717, 1.165) is 12.8 Å². The third-order valence-electron chi connectivity index (χ3n) is 4.29. The Hall–Kier alpha value is -1.58. The zero-order valence-corrected chi connectivity index (χ0v) is 15.7. The van der Waals surface area contributed by atoms with Crippen molar-refractivity contribution in [3.05, 3.63) is 58.3 Å². The maximum absolute atomic E-state index is 12.4. The number of carbonyl (C=O) groups excluding carboxylic acids is 1. The van der Waals surface area contributed by atoms with E-state index in [4.69, 9.17) is 23.2 Å². The Labute approximate surface area is 153 Å². The molecule has 5 heteroatoms. The minimum Gasteiger partial charge on any atom is -0.320 e. The van der Waals surface area contributed by atoms with Gasteiger partial charge in [0.2, 0.25) is 6.04 Å². The van der Waals surface area contributed by atoms with Gasteiger partial charge in [0, 0.05) is 34.8 Å². The minimum absolute atomic E-state index is 0.117. The summed E-state index contributed by atoms with van der Waals surface area (Å²) in [5, 5.41) is 3.84. The second kappa shape index (κ2) is 8.50. The number of carbonyl (C=O) groups is 1. The van der Waals surface area contributed by atoms with Crippen LogP contribution in [0.2, 0.25) is 10.0 Å². The summed E-state index contributed by atoms with van der Waals surface area (Å²) >= 11 is 11.9. The summed E-state index contributed by atoms with van der Waals surface area (Å²) in [5.74, 6) is 0.450. The monoisotopic (exact) mass is 365 g/mol. The standard InChI is InChI=1S/C19H22Cl2N2O/c1-4-14(5-2)15-6-8-23(9-7-15)13(3)19(24)22-18-11-16(20)10-17(21)12-18/h6-14H,4-5H2,1-3H3/p+1/t13-/m0/s1. The normalized spacial score (nSPS) is 12.2. The predicted molar refractivity (Wildman–Crippen MR) is 99.8 cm³/mol. The number of nitrogens with one attached hydrogen (secondary N) is 1. The molecule has 24 heavy (non-hydrogen) atoms. The Morgan fingerprint density at radius 3 is 2.12 bits per heavy atom. The van der Waals surface area contributed by atoms with Crippen LogP contribution in [0.3, 0.4) is 0 Å². The molecule has 0 bridgehead atoms. The molecule has 1 N–H and O–H groups in total. The molecule has 3 nitrogen and oxygen atoms in total. The summed E-state index contributed by atoms with van der Waals surface area (Å²) in [5.41, 5.74) is 1.91. The molecular formula is C19H23Cl2N2O+. The van der Waals surface area contributed by atoms with Crippen LogP contribution in [0.1, 0.15) is 51.1 Å². The van der Waals surface area contributed by atoms with Gasteiger partial charge in [0.15, 0.2) is 12.4 Å². The highest BCUT2D eigenvalue weighted by molar-refractivity contribution is 6.35. The fourth-order valence-corrected chi connectivity index (χ4v) is 3.27. The van der Waals surface area contributed by atoms with Crippen molar-refractivity contribution in [3.8, 4) is 0 Å². The molecule has 0 spiro atoms. The lowest BCUT2D eigenvalue weighted by atomic mass is 9.95. The lowest BCUT2D eigenvalue weighted by molar-refractivity contribution is -0.705. The molecule has 2 rings (SSSR count). The Balaban J connectivity index is 2.10. The number of hydrogen-bond acceptors (Lipinski definition) is 1. The molecule has 1 aromatic carbocycles. The summed E-state index contributed by atoms with van der Waals surface area (Å²) < 4.78 is 1.90. The highest BCUT2D eigenvalue weighted by Gasteiger charge is 2.22. The molecule has 1 heterocycles. The van der Waals surface area contributed by atoms with E-state index in [2.05, 4.69) is 31.3 Å². The molecule has 128 valence electrons. The molecule has 2 aromatic rings. The van der Waals surface area contributed by atoms with Gasteiger partial charge in [-0.15, -0.1) is 0 Å². The number of rotatable bonds is 6. The summed E-state index contributed by atoms with van der Waals surface area (Å²) in [7, 11) is 0. The first-order valence-corrected chi connectivity index (χ1v) is 8.97. The van der Waals surface area contributed by atoms with Gasteiger partial charge in [-0.1, -0.05) is 37.0 Å². The molecule has 0 fully saturated rings. The fourth-order valence-electron chi connectivity index (χ4n) is 2.75. The SMILES string of the molecule is CCC(CC)c1cc[n+]([C@@H](C)C(=O)Nc2cc(Cl)cc(Cl)c2)cc1. The maximum Gasteiger partial charge on any atom is 0.293 e. The van der Waals surface area contributed by atoms with Crippen molar-refractivity contribution in [1.82, 2.24) is 0 Å². The molecule has 0 saturated carbocycles. The van der Waals surface area contributed by atoms with Crippen LogP contribution in [0.4, 0.5) is 5.69 Å². The molecule has 0 aliphatic heterocycles. The Morgan fingerprint density at radius 2 is 1.62 bits per heavy atom. The van der Waals surface area contributed by atoms with E-state index in [1.165, 1.54) is 5.56 Å². The molecule has 1 amide bonds. The van der Waals surface area contributed by atoms with Gasteiger partial charge in [-0.25, -0.2) is 0 Å². The second-order valence-electron chi connectivity index (χ2n) is 5.92. The summed E-state index contributed by atoms with van der Waals surface area (Å²) in [6, 6.07) is 8.85. The van der Waals surface area contributed by atoms with Crippen molar-refractivity contribution in [3.63, 3.8) is 0 Å². The van der Waals surface area contributed by atoms with E-state index in [1.54, 1.807) is 18.2 Å². The summed E-state index contributed by atoms with van der Waals surface area (Å²) in [6.45, 7) is 6.25. The molecule has 1 aromatic heterocycles. The molecule has 0 unspecified atom stereocenters. The van der Waals surface area contributed by atoms with Crippen molar-refractivity contribution in [1.29, 1.82) is 0 Å². The summed E-state index contributed by atoms with van der Waals surface area (Å²) in [4.78, 5) is 12.4. The topological polar surface area (TPSA) is 33.0 Å². The number of halogens is 2. The van der Waals surface area contributed by atoms with Crippen LogP contribution in [0, 0.1) is 0 Å². The number of nitrogens with zero attached hydrogens (tertiary/aromatic N) is 1. The Bertz CT molecular complexity index is 677. The number of hydrogen-bond donors (Lipinski definition) is 1. The average Bonchev–Trinajstić information content (AvgIpc) is 2.55. The largest absolute Gasteiger partial charge is 0.320 e. The molecule has 1 atom stereocenters. The van der Waals surface area contributed by atoms with Crippen LogP contribution in [0.5, 0.6) is 0 Å². The number of pyridine rings is 1. The number of benzene rings is 1. The highest BCUT2D eigenvalue weighted by Crippen LogP contribution is 2.23. The molecule has 0 radical (unpaired) electrons. The van der Waals surface area contributed by atoms with Crippen molar-refractivity contribution < 1.29 is 9.36 Å². The average molecular weight is 366 g/mol. The smallest absolute Gasteiger partial charge is 0.293 e. The van der Waals surface area contributed by atoms with Gasteiger partial charge in [-0.2, -0.15) is 4.57 Å². The van der Waals surface area contributed by atoms with Crippen molar-refractivity contribution in [2.75, 3.05) is 5.32 Å². The predicted octanol–water partition coefficient (Wildman–Crippen LogP) is 5.38. The quantitative estimate of drug-likeness (QED) is 0.684. The van der Waals surface area contributed by atoms with Gasteiger partial charge in [0.25, 0.3) is 5.91 Å². The van der Waals surface area contributed by atoms with Crippen LogP contribution in [-0.4, -0.2) is 5.91 Å². The first-order valence-electron chi connectivity index (χ1n) is 8.22. The van der Waals surface area contributed by atoms with Crippen molar-refractivity contribution in [2.24, 2.45) is 0 Å².